The number of ether oxygens (including phenoxy) is 2. The van der Waals surface area contributed by atoms with Crippen LogP contribution in [0, 0.1) is 5.92 Å². The molecule has 1 aliphatic carbocycles. The van der Waals surface area contributed by atoms with Gasteiger partial charge in [0, 0.05) is 32.1 Å². The van der Waals surface area contributed by atoms with E-state index in [1.165, 1.54) is 12.8 Å². The molecule has 1 saturated carbocycles. The SMILES string of the molecule is O=C1CC2(CCN(C(=O)OCC3CC3)CC2)Oc2cccnc21. The van der Waals surface area contributed by atoms with Crippen LogP contribution in [0.1, 0.15) is 42.6 Å². The molecular weight excluding hydrogens is 296 g/mol. The Labute approximate surface area is 134 Å². The van der Waals surface area contributed by atoms with Gasteiger partial charge in [0.2, 0.25) is 0 Å². The molecule has 4 rings (SSSR count). The standard InChI is InChI=1S/C17H20N2O4/c20-13-10-17(23-14-2-1-7-18-15(13)14)5-8-19(9-6-17)16(21)22-11-12-3-4-12/h1-2,7,12H,3-6,8-11H2. The Morgan fingerprint density at radius 2 is 2.17 bits per heavy atom. The zero-order valence-electron chi connectivity index (χ0n) is 13.0. The molecule has 2 aliphatic heterocycles. The summed E-state index contributed by atoms with van der Waals surface area (Å²) in [5.41, 5.74) is -0.0789. The largest absolute Gasteiger partial charge is 0.484 e. The van der Waals surface area contributed by atoms with E-state index < -0.39 is 5.60 Å². The Hall–Kier alpha value is -2.11. The first-order valence-corrected chi connectivity index (χ1v) is 8.24. The highest BCUT2D eigenvalue weighted by atomic mass is 16.6. The summed E-state index contributed by atoms with van der Waals surface area (Å²) in [5.74, 6) is 1.16. The van der Waals surface area contributed by atoms with Crippen LogP contribution in [-0.2, 0) is 4.74 Å². The first-order valence-electron chi connectivity index (χ1n) is 8.24. The van der Waals surface area contributed by atoms with Crippen LogP contribution in [0.15, 0.2) is 18.3 Å². The van der Waals surface area contributed by atoms with Gasteiger partial charge in [-0.2, -0.15) is 0 Å². The summed E-state index contributed by atoms with van der Waals surface area (Å²) in [5, 5.41) is 0. The summed E-state index contributed by atoms with van der Waals surface area (Å²) in [4.78, 5) is 30.2. The van der Waals surface area contributed by atoms with Crippen molar-refractivity contribution in [3.8, 4) is 5.75 Å². The predicted molar refractivity (Wildman–Crippen MR) is 81.4 cm³/mol. The minimum atomic E-state index is -0.500. The van der Waals surface area contributed by atoms with Gasteiger partial charge in [-0.05, 0) is 30.9 Å². The van der Waals surface area contributed by atoms with Crippen LogP contribution in [-0.4, -0.2) is 47.1 Å². The lowest BCUT2D eigenvalue weighted by molar-refractivity contribution is -0.0101. The van der Waals surface area contributed by atoms with Gasteiger partial charge in [-0.25, -0.2) is 9.78 Å². The Bertz CT molecular complexity index is 633. The molecule has 1 saturated heterocycles. The minimum Gasteiger partial charge on any atom is -0.484 e. The highest BCUT2D eigenvalue weighted by Gasteiger charge is 2.44. The molecule has 0 N–H and O–H groups in total. The first kappa shape index (κ1) is 14.5. The van der Waals surface area contributed by atoms with E-state index in [2.05, 4.69) is 4.98 Å². The van der Waals surface area contributed by atoms with Crippen molar-refractivity contribution in [2.45, 2.75) is 37.7 Å². The molecule has 122 valence electrons. The van der Waals surface area contributed by atoms with Gasteiger partial charge in [-0.3, -0.25) is 4.79 Å². The van der Waals surface area contributed by atoms with Crippen molar-refractivity contribution in [3.63, 3.8) is 0 Å². The van der Waals surface area contributed by atoms with Crippen molar-refractivity contribution < 1.29 is 19.1 Å². The normalized spacial score (nSPS) is 22.4. The van der Waals surface area contributed by atoms with Crippen LogP contribution in [0.2, 0.25) is 0 Å². The molecule has 0 radical (unpaired) electrons. The summed E-state index contributed by atoms with van der Waals surface area (Å²) in [6.07, 6.45) is 5.32. The molecule has 0 bridgehead atoms. The minimum absolute atomic E-state index is 0.0246. The topological polar surface area (TPSA) is 68.7 Å². The van der Waals surface area contributed by atoms with Crippen LogP contribution in [0.25, 0.3) is 0 Å². The molecule has 1 spiro atoms. The van der Waals surface area contributed by atoms with Crippen molar-refractivity contribution in [1.29, 1.82) is 0 Å². The van der Waals surface area contributed by atoms with Crippen molar-refractivity contribution in [2.75, 3.05) is 19.7 Å². The molecule has 0 atom stereocenters. The van der Waals surface area contributed by atoms with E-state index in [1.54, 1.807) is 23.2 Å². The maximum absolute atomic E-state index is 12.3. The average Bonchev–Trinajstić information content (AvgIpc) is 3.38. The maximum atomic E-state index is 12.3. The highest BCUT2D eigenvalue weighted by Crippen LogP contribution is 2.38. The van der Waals surface area contributed by atoms with Crippen LogP contribution in [0.5, 0.6) is 5.75 Å². The predicted octanol–water partition coefficient (Wildman–Crippen LogP) is 2.43. The van der Waals surface area contributed by atoms with Crippen LogP contribution in [0.4, 0.5) is 4.79 Å². The first-order chi connectivity index (χ1) is 11.2. The van der Waals surface area contributed by atoms with E-state index in [4.69, 9.17) is 9.47 Å². The van der Waals surface area contributed by atoms with E-state index in [-0.39, 0.29) is 11.9 Å². The number of pyridine rings is 1. The lowest BCUT2D eigenvalue weighted by atomic mass is 9.83. The average molecular weight is 316 g/mol. The number of likely N-dealkylation sites (tertiary alicyclic amines) is 1. The van der Waals surface area contributed by atoms with Gasteiger partial charge >= 0.3 is 6.09 Å². The number of aromatic nitrogens is 1. The summed E-state index contributed by atoms with van der Waals surface area (Å²) in [7, 11) is 0. The monoisotopic (exact) mass is 316 g/mol. The zero-order chi connectivity index (χ0) is 15.9. The van der Waals surface area contributed by atoms with Gasteiger partial charge in [0.15, 0.2) is 5.78 Å². The highest BCUT2D eigenvalue weighted by molar-refractivity contribution is 5.98. The summed E-state index contributed by atoms with van der Waals surface area (Å²) < 4.78 is 11.4. The third kappa shape index (κ3) is 2.90. The second kappa shape index (κ2) is 5.51. The molecule has 1 aromatic heterocycles. The summed E-state index contributed by atoms with van der Waals surface area (Å²) in [6, 6.07) is 3.56. The summed E-state index contributed by atoms with van der Waals surface area (Å²) >= 11 is 0. The molecule has 3 heterocycles. The third-order valence-electron chi connectivity index (χ3n) is 4.92. The van der Waals surface area contributed by atoms with Gasteiger partial charge in [0.25, 0.3) is 0 Å². The molecule has 1 aromatic rings. The van der Waals surface area contributed by atoms with Crippen LogP contribution < -0.4 is 4.74 Å². The van der Waals surface area contributed by atoms with Gasteiger partial charge in [0.05, 0.1) is 13.0 Å². The fourth-order valence-electron chi connectivity index (χ4n) is 3.27. The van der Waals surface area contributed by atoms with Crippen molar-refractivity contribution in [1.82, 2.24) is 9.88 Å². The number of hydrogen-bond donors (Lipinski definition) is 0. The Morgan fingerprint density at radius 3 is 2.91 bits per heavy atom. The number of nitrogens with zero attached hydrogens (tertiary/aromatic N) is 2. The number of hydrogen-bond acceptors (Lipinski definition) is 5. The van der Waals surface area contributed by atoms with Crippen molar-refractivity contribution >= 4 is 11.9 Å². The van der Waals surface area contributed by atoms with E-state index in [9.17, 15) is 9.59 Å². The number of carbonyl (C=O) groups excluding carboxylic acids is 2. The molecule has 6 heteroatoms. The van der Waals surface area contributed by atoms with E-state index >= 15 is 0 Å². The van der Waals surface area contributed by atoms with Gasteiger partial charge < -0.3 is 14.4 Å². The summed E-state index contributed by atoms with van der Waals surface area (Å²) in [6.45, 7) is 1.66. The second-order valence-corrected chi connectivity index (χ2v) is 6.74. The lowest BCUT2D eigenvalue weighted by Gasteiger charge is -2.43. The number of amides is 1. The van der Waals surface area contributed by atoms with Crippen molar-refractivity contribution in [3.05, 3.63) is 24.0 Å². The van der Waals surface area contributed by atoms with E-state index in [0.29, 0.717) is 56.3 Å². The number of ketones is 1. The smallest absolute Gasteiger partial charge is 0.409 e. The molecular formula is C17H20N2O4. The molecule has 1 amide bonds. The van der Waals surface area contributed by atoms with Gasteiger partial charge in [-0.1, -0.05) is 0 Å². The Balaban J connectivity index is 1.39. The van der Waals surface area contributed by atoms with Gasteiger partial charge in [-0.15, -0.1) is 0 Å². The lowest BCUT2D eigenvalue weighted by Crippen LogP contribution is -2.52. The molecule has 3 aliphatic rings. The van der Waals surface area contributed by atoms with E-state index in [1.807, 2.05) is 0 Å². The molecule has 6 nitrogen and oxygen atoms in total. The number of fused-ring (bicyclic) bond motifs is 1. The molecule has 23 heavy (non-hydrogen) atoms. The number of rotatable bonds is 2. The molecule has 2 fully saturated rings. The Kier molecular flexibility index (Phi) is 3.47. The number of piperidine rings is 1. The fraction of sp³-hybridized carbons (Fsp3) is 0.588. The quantitative estimate of drug-likeness (QED) is 0.838. The Morgan fingerprint density at radius 1 is 1.39 bits per heavy atom. The van der Waals surface area contributed by atoms with Crippen LogP contribution in [0.3, 0.4) is 0 Å². The van der Waals surface area contributed by atoms with Crippen molar-refractivity contribution in [2.24, 2.45) is 5.92 Å². The third-order valence-corrected chi connectivity index (χ3v) is 4.92. The fourth-order valence-corrected chi connectivity index (χ4v) is 3.27. The second-order valence-electron chi connectivity index (χ2n) is 6.74. The maximum Gasteiger partial charge on any atom is 0.409 e. The van der Waals surface area contributed by atoms with E-state index in [0.717, 1.165) is 0 Å². The number of carbonyl (C=O) groups is 2. The number of Topliss-reactive ketones (excluding diaryl/α,β-unsaturated/α-hetero) is 1. The zero-order valence-corrected chi connectivity index (χ0v) is 13.0. The van der Waals surface area contributed by atoms with Gasteiger partial charge in [0.1, 0.15) is 17.0 Å². The van der Waals surface area contributed by atoms with Crippen LogP contribution >= 0.6 is 0 Å². The molecule has 0 unspecified atom stereocenters. The molecule has 0 aromatic carbocycles.